The van der Waals surface area contributed by atoms with Crippen molar-refractivity contribution in [3.63, 3.8) is 0 Å². The number of nitrogens with zero attached hydrogens (tertiary/aromatic N) is 2. The molecule has 100 valence electrons. The molecule has 0 radical (unpaired) electrons. The Bertz CT molecular complexity index is 535. The fraction of sp³-hybridized carbons (Fsp3) is 0.286. The molecule has 0 spiro atoms. The third-order valence-corrected chi connectivity index (χ3v) is 2.45. The number of ether oxygens (including phenoxy) is 1. The molecule has 1 N–H and O–H groups in total. The van der Waals surface area contributed by atoms with Crippen LogP contribution in [0.2, 0.25) is 0 Å². The lowest BCUT2D eigenvalue weighted by molar-refractivity contribution is -0.121. The summed E-state index contributed by atoms with van der Waals surface area (Å²) < 4.78 is 6.99. The zero-order valence-corrected chi connectivity index (χ0v) is 11.0. The number of hydrogen-bond donors (Lipinski definition) is 1. The van der Waals surface area contributed by atoms with E-state index in [1.807, 2.05) is 50.4 Å². The number of nitrogens with one attached hydrogen (secondary N) is 1. The van der Waals surface area contributed by atoms with E-state index in [9.17, 15) is 4.79 Å². The number of aromatic nitrogens is 2. The second kappa shape index (κ2) is 6.15. The van der Waals surface area contributed by atoms with Crippen molar-refractivity contribution in [2.75, 3.05) is 11.9 Å². The molecule has 0 fully saturated rings. The van der Waals surface area contributed by atoms with E-state index in [0.29, 0.717) is 0 Å². The third-order valence-electron chi connectivity index (χ3n) is 2.45. The maximum absolute atomic E-state index is 11.7. The molecule has 0 aliphatic rings. The van der Waals surface area contributed by atoms with Gasteiger partial charge >= 0.3 is 0 Å². The Balaban J connectivity index is 2.01. The van der Waals surface area contributed by atoms with Crippen LogP contribution in [0, 0.1) is 0 Å². The zero-order valence-electron chi connectivity index (χ0n) is 11.0. The van der Waals surface area contributed by atoms with E-state index < -0.39 is 0 Å². The lowest BCUT2D eigenvalue weighted by Gasteiger charge is -2.09. The van der Waals surface area contributed by atoms with Gasteiger partial charge in [-0.3, -0.25) is 4.79 Å². The van der Waals surface area contributed by atoms with Crippen LogP contribution >= 0.6 is 0 Å². The monoisotopic (exact) mass is 259 g/mol. The Hall–Kier alpha value is -2.14. The van der Waals surface area contributed by atoms with E-state index in [1.54, 1.807) is 10.9 Å². The van der Waals surface area contributed by atoms with Gasteiger partial charge in [0.1, 0.15) is 6.61 Å². The summed E-state index contributed by atoms with van der Waals surface area (Å²) in [6.45, 7) is 3.85. The van der Waals surface area contributed by atoms with Crippen molar-refractivity contribution in [3.8, 4) is 5.69 Å². The first-order valence-corrected chi connectivity index (χ1v) is 6.16. The fourth-order valence-corrected chi connectivity index (χ4v) is 1.59. The highest BCUT2D eigenvalue weighted by atomic mass is 16.5. The number of amides is 1. The second-order valence-corrected chi connectivity index (χ2v) is 4.41. The summed E-state index contributed by atoms with van der Waals surface area (Å²) in [6, 6.07) is 9.34. The number of carbonyl (C=O) groups is 1. The van der Waals surface area contributed by atoms with Crippen LogP contribution in [0.1, 0.15) is 13.8 Å². The Morgan fingerprint density at radius 3 is 2.95 bits per heavy atom. The van der Waals surface area contributed by atoms with Gasteiger partial charge in [0.2, 0.25) is 5.91 Å². The van der Waals surface area contributed by atoms with Gasteiger partial charge < -0.3 is 10.1 Å². The van der Waals surface area contributed by atoms with Crippen LogP contribution < -0.4 is 5.32 Å². The summed E-state index contributed by atoms with van der Waals surface area (Å²) >= 11 is 0. The van der Waals surface area contributed by atoms with Gasteiger partial charge in [-0.25, -0.2) is 4.68 Å². The molecule has 0 aliphatic heterocycles. The molecule has 19 heavy (non-hydrogen) atoms. The molecule has 0 aliphatic carbocycles. The predicted molar refractivity (Wildman–Crippen MR) is 73.3 cm³/mol. The summed E-state index contributed by atoms with van der Waals surface area (Å²) in [5.74, 6) is -0.161. The zero-order chi connectivity index (χ0) is 13.7. The highest BCUT2D eigenvalue weighted by Crippen LogP contribution is 2.13. The minimum Gasteiger partial charge on any atom is -0.369 e. The summed E-state index contributed by atoms with van der Waals surface area (Å²) in [7, 11) is 0. The minimum absolute atomic E-state index is 0.0427. The van der Waals surface area contributed by atoms with Gasteiger partial charge in [0.05, 0.1) is 11.8 Å². The van der Waals surface area contributed by atoms with Gasteiger partial charge in [0.15, 0.2) is 0 Å². The van der Waals surface area contributed by atoms with Crippen LogP contribution in [0.4, 0.5) is 5.69 Å². The Morgan fingerprint density at radius 1 is 1.42 bits per heavy atom. The average Bonchev–Trinajstić information content (AvgIpc) is 2.90. The topological polar surface area (TPSA) is 56.1 Å². The normalized spacial score (nSPS) is 10.7. The van der Waals surface area contributed by atoms with Gasteiger partial charge in [-0.15, -0.1) is 0 Å². The Labute approximate surface area is 112 Å². The summed E-state index contributed by atoms with van der Waals surface area (Å²) in [5, 5.41) is 6.94. The first kappa shape index (κ1) is 13.3. The van der Waals surface area contributed by atoms with Gasteiger partial charge in [-0.1, -0.05) is 6.07 Å². The number of rotatable bonds is 5. The second-order valence-electron chi connectivity index (χ2n) is 4.41. The fourth-order valence-electron chi connectivity index (χ4n) is 1.59. The summed E-state index contributed by atoms with van der Waals surface area (Å²) in [5.41, 5.74) is 1.62. The van der Waals surface area contributed by atoms with Gasteiger partial charge in [-0.05, 0) is 38.1 Å². The molecule has 0 bridgehead atoms. The Kier molecular flexibility index (Phi) is 4.30. The minimum atomic E-state index is -0.161. The first-order chi connectivity index (χ1) is 9.15. The molecule has 0 saturated carbocycles. The number of carbonyl (C=O) groups excluding carboxylic acids is 1. The molecule has 5 heteroatoms. The van der Waals surface area contributed by atoms with Gasteiger partial charge in [0, 0.05) is 18.1 Å². The highest BCUT2D eigenvalue weighted by molar-refractivity contribution is 5.91. The SMILES string of the molecule is CC(C)OCC(=O)Nc1cccc(-n2cccn2)c1. The maximum atomic E-state index is 11.7. The first-order valence-electron chi connectivity index (χ1n) is 6.16. The van der Waals surface area contributed by atoms with Crippen LogP contribution in [0.3, 0.4) is 0 Å². The molecule has 2 aromatic rings. The number of hydrogen-bond acceptors (Lipinski definition) is 3. The summed E-state index contributed by atoms with van der Waals surface area (Å²) in [6.07, 6.45) is 3.60. The van der Waals surface area contributed by atoms with Crippen LogP contribution in [0.15, 0.2) is 42.7 Å². The highest BCUT2D eigenvalue weighted by Gasteiger charge is 2.05. The summed E-state index contributed by atoms with van der Waals surface area (Å²) in [4.78, 5) is 11.7. The van der Waals surface area contributed by atoms with E-state index in [2.05, 4.69) is 10.4 Å². The van der Waals surface area contributed by atoms with Gasteiger partial charge in [0.25, 0.3) is 0 Å². The van der Waals surface area contributed by atoms with E-state index in [-0.39, 0.29) is 18.6 Å². The van der Waals surface area contributed by atoms with Crippen molar-refractivity contribution >= 4 is 11.6 Å². The lowest BCUT2D eigenvalue weighted by Crippen LogP contribution is -2.20. The largest absolute Gasteiger partial charge is 0.369 e. The van der Waals surface area contributed by atoms with E-state index in [0.717, 1.165) is 11.4 Å². The van der Waals surface area contributed by atoms with E-state index in [4.69, 9.17) is 4.74 Å². The molecule has 1 aromatic heterocycles. The van der Waals surface area contributed by atoms with Crippen LogP contribution in [-0.4, -0.2) is 28.4 Å². The van der Waals surface area contributed by atoms with Crippen molar-refractivity contribution < 1.29 is 9.53 Å². The quantitative estimate of drug-likeness (QED) is 0.895. The molecular formula is C14H17N3O2. The third kappa shape index (κ3) is 3.93. The van der Waals surface area contributed by atoms with E-state index in [1.165, 1.54) is 0 Å². The predicted octanol–water partition coefficient (Wildman–Crippen LogP) is 2.24. The van der Waals surface area contributed by atoms with Crippen molar-refractivity contribution in [3.05, 3.63) is 42.7 Å². The smallest absolute Gasteiger partial charge is 0.250 e. The van der Waals surface area contributed by atoms with Crippen LogP contribution in [0.25, 0.3) is 5.69 Å². The molecule has 1 heterocycles. The standard InChI is InChI=1S/C14H17N3O2/c1-11(2)19-10-14(18)16-12-5-3-6-13(9-12)17-8-4-7-15-17/h3-9,11H,10H2,1-2H3,(H,16,18). The molecule has 0 saturated heterocycles. The van der Waals surface area contributed by atoms with Crippen molar-refractivity contribution in [2.24, 2.45) is 0 Å². The molecular weight excluding hydrogens is 242 g/mol. The number of benzene rings is 1. The van der Waals surface area contributed by atoms with Crippen molar-refractivity contribution in [1.82, 2.24) is 9.78 Å². The van der Waals surface area contributed by atoms with E-state index >= 15 is 0 Å². The van der Waals surface area contributed by atoms with Crippen molar-refractivity contribution in [1.29, 1.82) is 0 Å². The lowest BCUT2D eigenvalue weighted by atomic mass is 10.3. The Morgan fingerprint density at radius 2 is 2.26 bits per heavy atom. The molecule has 2 rings (SSSR count). The van der Waals surface area contributed by atoms with Crippen molar-refractivity contribution in [2.45, 2.75) is 20.0 Å². The molecule has 5 nitrogen and oxygen atoms in total. The maximum Gasteiger partial charge on any atom is 0.250 e. The molecule has 1 amide bonds. The van der Waals surface area contributed by atoms with Gasteiger partial charge in [-0.2, -0.15) is 5.10 Å². The number of anilines is 1. The average molecular weight is 259 g/mol. The molecule has 0 unspecified atom stereocenters. The molecule has 0 atom stereocenters. The molecule has 1 aromatic carbocycles. The van der Waals surface area contributed by atoms with Crippen LogP contribution in [-0.2, 0) is 9.53 Å². The van der Waals surface area contributed by atoms with Crippen LogP contribution in [0.5, 0.6) is 0 Å².